The third-order valence-electron chi connectivity index (χ3n) is 2.37. The number of benzene rings is 1. The van der Waals surface area contributed by atoms with Crippen molar-refractivity contribution < 1.29 is 19.1 Å². The van der Waals surface area contributed by atoms with Crippen LogP contribution in [-0.2, 0) is 9.53 Å². The summed E-state index contributed by atoms with van der Waals surface area (Å²) >= 11 is 0. The average molecular weight is 279 g/mol. The van der Waals surface area contributed by atoms with Crippen molar-refractivity contribution in [2.75, 3.05) is 12.4 Å². The zero-order valence-electron chi connectivity index (χ0n) is 11.4. The molecule has 7 heteroatoms. The van der Waals surface area contributed by atoms with Crippen LogP contribution >= 0.6 is 0 Å². The lowest BCUT2D eigenvalue weighted by atomic mass is 10.2. The van der Waals surface area contributed by atoms with E-state index in [0.29, 0.717) is 17.7 Å². The fourth-order valence-corrected chi connectivity index (χ4v) is 1.39. The van der Waals surface area contributed by atoms with Gasteiger partial charge in [-0.15, -0.1) is 0 Å². The summed E-state index contributed by atoms with van der Waals surface area (Å²) in [4.78, 5) is 33.8. The standard InChI is InChI=1S/C13H17N3O4/c1-3-4-11(17)14-10-7-5-9(6-8-10)12(18)15-16-13(19)20-2/h5-8H,3-4H2,1-2H3,(H,14,17)(H,15,18)(H,16,19). The van der Waals surface area contributed by atoms with E-state index in [-0.39, 0.29) is 5.91 Å². The van der Waals surface area contributed by atoms with E-state index in [1.54, 1.807) is 12.1 Å². The Hall–Kier alpha value is -2.57. The molecule has 0 saturated carbocycles. The molecule has 0 unspecified atom stereocenters. The Morgan fingerprint density at radius 1 is 1.10 bits per heavy atom. The predicted molar refractivity (Wildman–Crippen MR) is 73.0 cm³/mol. The van der Waals surface area contributed by atoms with Gasteiger partial charge in [0.15, 0.2) is 0 Å². The van der Waals surface area contributed by atoms with E-state index in [1.807, 2.05) is 6.92 Å². The molecular weight excluding hydrogens is 262 g/mol. The van der Waals surface area contributed by atoms with Crippen LogP contribution in [-0.4, -0.2) is 25.0 Å². The fourth-order valence-electron chi connectivity index (χ4n) is 1.39. The summed E-state index contributed by atoms with van der Waals surface area (Å²) in [5.41, 5.74) is 5.20. The smallest absolute Gasteiger partial charge is 0.425 e. The first-order chi connectivity index (χ1) is 9.56. The lowest BCUT2D eigenvalue weighted by Gasteiger charge is -2.07. The number of hydrazine groups is 1. The molecule has 0 aliphatic heterocycles. The van der Waals surface area contributed by atoms with Gasteiger partial charge < -0.3 is 10.1 Å². The monoisotopic (exact) mass is 279 g/mol. The maximum atomic E-state index is 11.6. The van der Waals surface area contributed by atoms with E-state index in [9.17, 15) is 14.4 Å². The Labute approximate surface area is 116 Å². The first-order valence-electron chi connectivity index (χ1n) is 6.11. The SMILES string of the molecule is CCCC(=O)Nc1ccc(C(=O)NNC(=O)OC)cc1. The highest BCUT2D eigenvalue weighted by molar-refractivity contribution is 5.96. The largest absolute Gasteiger partial charge is 0.452 e. The van der Waals surface area contributed by atoms with Gasteiger partial charge >= 0.3 is 6.09 Å². The fraction of sp³-hybridized carbons (Fsp3) is 0.308. The van der Waals surface area contributed by atoms with Crippen LogP contribution in [0.5, 0.6) is 0 Å². The average Bonchev–Trinajstić information content (AvgIpc) is 2.45. The van der Waals surface area contributed by atoms with Crippen LogP contribution in [0.15, 0.2) is 24.3 Å². The van der Waals surface area contributed by atoms with Gasteiger partial charge in [-0.05, 0) is 30.7 Å². The molecule has 3 amide bonds. The molecule has 108 valence electrons. The van der Waals surface area contributed by atoms with E-state index in [1.165, 1.54) is 19.2 Å². The van der Waals surface area contributed by atoms with Gasteiger partial charge in [0, 0.05) is 17.7 Å². The number of hydrogen-bond acceptors (Lipinski definition) is 4. The van der Waals surface area contributed by atoms with Gasteiger partial charge in [-0.25, -0.2) is 10.2 Å². The summed E-state index contributed by atoms with van der Waals surface area (Å²) in [6, 6.07) is 6.30. The van der Waals surface area contributed by atoms with Crippen molar-refractivity contribution in [3.8, 4) is 0 Å². The molecule has 0 saturated heterocycles. The molecule has 1 aromatic rings. The minimum atomic E-state index is -0.762. The minimum absolute atomic E-state index is 0.0722. The van der Waals surface area contributed by atoms with Gasteiger partial charge in [-0.3, -0.25) is 15.0 Å². The molecule has 20 heavy (non-hydrogen) atoms. The molecule has 0 aromatic heterocycles. The van der Waals surface area contributed by atoms with Crippen LogP contribution in [0.2, 0.25) is 0 Å². The van der Waals surface area contributed by atoms with Crippen molar-refractivity contribution in [1.29, 1.82) is 0 Å². The highest BCUT2D eigenvalue weighted by Crippen LogP contribution is 2.10. The number of ether oxygens (including phenoxy) is 1. The minimum Gasteiger partial charge on any atom is -0.452 e. The van der Waals surface area contributed by atoms with Crippen molar-refractivity contribution in [2.24, 2.45) is 0 Å². The molecule has 7 nitrogen and oxygen atoms in total. The summed E-state index contributed by atoms with van der Waals surface area (Å²) in [5.74, 6) is -0.557. The highest BCUT2D eigenvalue weighted by atomic mass is 16.5. The third-order valence-corrected chi connectivity index (χ3v) is 2.37. The number of nitrogens with one attached hydrogen (secondary N) is 3. The number of carbonyl (C=O) groups is 3. The van der Waals surface area contributed by atoms with Crippen LogP contribution in [0.4, 0.5) is 10.5 Å². The molecule has 3 N–H and O–H groups in total. The molecule has 1 rings (SSSR count). The van der Waals surface area contributed by atoms with E-state index in [2.05, 4.69) is 20.9 Å². The Balaban J connectivity index is 2.55. The molecule has 1 aromatic carbocycles. The highest BCUT2D eigenvalue weighted by Gasteiger charge is 2.07. The molecule has 0 radical (unpaired) electrons. The van der Waals surface area contributed by atoms with Crippen LogP contribution < -0.4 is 16.2 Å². The second-order valence-corrected chi connectivity index (χ2v) is 3.95. The summed E-state index contributed by atoms with van der Waals surface area (Å²) in [6.45, 7) is 1.92. The van der Waals surface area contributed by atoms with Gasteiger partial charge in [0.1, 0.15) is 0 Å². The Kier molecular flexibility index (Phi) is 6.02. The Bertz CT molecular complexity index is 485. The maximum absolute atomic E-state index is 11.6. The Morgan fingerprint density at radius 2 is 1.75 bits per heavy atom. The van der Waals surface area contributed by atoms with Gasteiger partial charge in [0.25, 0.3) is 5.91 Å². The number of methoxy groups -OCH3 is 1. The third kappa shape index (κ3) is 4.97. The number of amides is 3. The lowest BCUT2D eigenvalue weighted by Crippen LogP contribution is -2.41. The van der Waals surface area contributed by atoms with Crippen molar-refractivity contribution in [3.63, 3.8) is 0 Å². The molecule has 0 aliphatic rings. The quantitative estimate of drug-likeness (QED) is 0.726. The van der Waals surface area contributed by atoms with E-state index in [0.717, 1.165) is 6.42 Å². The second kappa shape index (κ2) is 7.78. The normalized spacial score (nSPS) is 9.50. The lowest BCUT2D eigenvalue weighted by molar-refractivity contribution is -0.116. The summed E-state index contributed by atoms with van der Waals surface area (Å²) in [5, 5.41) is 2.71. The molecular formula is C13H17N3O4. The first-order valence-corrected chi connectivity index (χ1v) is 6.11. The molecule has 0 spiro atoms. The number of rotatable bonds is 4. The molecule has 0 fully saturated rings. The first kappa shape index (κ1) is 15.5. The molecule has 0 heterocycles. The number of hydrogen-bond donors (Lipinski definition) is 3. The van der Waals surface area contributed by atoms with Gasteiger partial charge in [-0.1, -0.05) is 6.92 Å². The Morgan fingerprint density at radius 3 is 2.30 bits per heavy atom. The van der Waals surface area contributed by atoms with E-state index < -0.39 is 12.0 Å². The summed E-state index contributed by atoms with van der Waals surface area (Å²) in [6.07, 6.45) is 0.457. The van der Waals surface area contributed by atoms with Crippen molar-refractivity contribution in [3.05, 3.63) is 29.8 Å². The van der Waals surface area contributed by atoms with Crippen LogP contribution in [0.3, 0.4) is 0 Å². The van der Waals surface area contributed by atoms with Crippen LogP contribution in [0.25, 0.3) is 0 Å². The van der Waals surface area contributed by atoms with Gasteiger partial charge in [-0.2, -0.15) is 0 Å². The number of anilines is 1. The molecule has 0 aliphatic carbocycles. The van der Waals surface area contributed by atoms with Crippen molar-refractivity contribution >= 4 is 23.6 Å². The van der Waals surface area contributed by atoms with Crippen LogP contribution in [0.1, 0.15) is 30.1 Å². The topological polar surface area (TPSA) is 96.5 Å². The van der Waals surface area contributed by atoms with Crippen molar-refractivity contribution in [2.45, 2.75) is 19.8 Å². The van der Waals surface area contributed by atoms with Gasteiger partial charge in [0.05, 0.1) is 7.11 Å². The number of carbonyl (C=O) groups excluding carboxylic acids is 3. The zero-order chi connectivity index (χ0) is 15.0. The zero-order valence-corrected chi connectivity index (χ0v) is 11.4. The predicted octanol–water partition coefficient (Wildman–Crippen LogP) is 1.43. The summed E-state index contributed by atoms with van der Waals surface area (Å²) in [7, 11) is 1.19. The maximum Gasteiger partial charge on any atom is 0.425 e. The van der Waals surface area contributed by atoms with Crippen molar-refractivity contribution in [1.82, 2.24) is 10.9 Å². The second-order valence-electron chi connectivity index (χ2n) is 3.95. The molecule has 0 atom stereocenters. The van der Waals surface area contributed by atoms with Crippen LogP contribution in [0, 0.1) is 0 Å². The van der Waals surface area contributed by atoms with Gasteiger partial charge in [0.2, 0.25) is 5.91 Å². The molecule has 0 bridgehead atoms. The van der Waals surface area contributed by atoms with E-state index in [4.69, 9.17) is 0 Å². The van der Waals surface area contributed by atoms with E-state index >= 15 is 0 Å². The summed E-state index contributed by atoms with van der Waals surface area (Å²) < 4.78 is 4.31.